The first-order valence-electron chi connectivity index (χ1n) is 22.0. The molecular formula is C61H47NS. The molecule has 9 aromatic rings. The molecule has 2 heteroatoms. The Kier molecular flexibility index (Phi) is 9.75. The summed E-state index contributed by atoms with van der Waals surface area (Å²) in [5.74, 6) is 0.569. The molecule has 0 N–H and O–H groups in total. The topological polar surface area (TPSA) is 3.24 Å². The molecule has 1 unspecified atom stereocenters. The van der Waals surface area contributed by atoms with Crippen LogP contribution in [0, 0.1) is 5.92 Å². The Labute approximate surface area is 374 Å². The Bertz CT molecular complexity index is 3360. The van der Waals surface area contributed by atoms with Crippen LogP contribution in [0.4, 0.5) is 17.1 Å². The van der Waals surface area contributed by atoms with Crippen LogP contribution in [-0.2, 0) is 5.41 Å². The predicted molar refractivity (Wildman–Crippen MR) is 272 cm³/mol. The van der Waals surface area contributed by atoms with E-state index in [4.69, 9.17) is 0 Å². The fourth-order valence-corrected chi connectivity index (χ4v) is 11.6. The minimum atomic E-state index is -0.469. The highest BCUT2D eigenvalue weighted by Gasteiger charge is 2.45. The van der Waals surface area contributed by atoms with Gasteiger partial charge in [-0.25, -0.2) is 0 Å². The van der Waals surface area contributed by atoms with Gasteiger partial charge in [0.2, 0.25) is 0 Å². The molecule has 0 amide bonds. The highest BCUT2D eigenvalue weighted by atomic mass is 32.1. The van der Waals surface area contributed by atoms with Gasteiger partial charge in [-0.2, -0.15) is 0 Å². The second-order valence-corrected chi connectivity index (χ2v) is 18.0. The number of benzene rings is 8. The van der Waals surface area contributed by atoms with Crippen LogP contribution in [0.25, 0.3) is 60.8 Å². The van der Waals surface area contributed by atoms with E-state index in [-0.39, 0.29) is 0 Å². The van der Waals surface area contributed by atoms with Crippen molar-refractivity contribution in [3.63, 3.8) is 0 Å². The van der Waals surface area contributed by atoms with Gasteiger partial charge in [0.25, 0.3) is 0 Å². The molecule has 1 nitrogen and oxygen atoms in total. The number of rotatable bonds is 9. The summed E-state index contributed by atoms with van der Waals surface area (Å²) in [5.41, 5.74) is 15.2. The molecule has 0 fully saturated rings. The monoisotopic (exact) mass is 825 g/mol. The second-order valence-electron chi connectivity index (χ2n) is 16.9. The predicted octanol–water partition coefficient (Wildman–Crippen LogP) is 15.3. The molecule has 2 aliphatic rings. The Balaban J connectivity index is 1.09. The molecule has 8 aromatic carbocycles. The van der Waals surface area contributed by atoms with Gasteiger partial charge in [0.1, 0.15) is 0 Å². The molecule has 302 valence electrons. The van der Waals surface area contributed by atoms with Gasteiger partial charge >= 0.3 is 0 Å². The van der Waals surface area contributed by atoms with Gasteiger partial charge in [0, 0.05) is 31.4 Å². The average molecular weight is 826 g/mol. The lowest BCUT2D eigenvalue weighted by molar-refractivity contribution is 0.768. The minimum Gasteiger partial charge on any atom is -0.310 e. The lowest BCUT2D eigenvalue weighted by Gasteiger charge is -2.34. The van der Waals surface area contributed by atoms with E-state index in [1.807, 2.05) is 30.4 Å². The fourth-order valence-electron chi connectivity index (χ4n) is 10.3. The third-order valence-electron chi connectivity index (χ3n) is 13.2. The summed E-state index contributed by atoms with van der Waals surface area (Å²) >= 11 is 1.92. The number of anilines is 3. The number of allylic oxidation sites excluding steroid dienone is 5. The summed E-state index contributed by atoms with van der Waals surface area (Å²) in [6.07, 6.45) is 14.2. The maximum absolute atomic E-state index is 4.50. The van der Waals surface area contributed by atoms with Gasteiger partial charge < -0.3 is 4.90 Å². The van der Waals surface area contributed by atoms with E-state index in [0.717, 1.165) is 34.6 Å². The van der Waals surface area contributed by atoms with Gasteiger partial charge in [-0.15, -0.1) is 11.3 Å². The van der Waals surface area contributed by atoms with Crippen molar-refractivity contribution in [3.05, 3.63) is 250 Å². The van der Waals surface area contributed by atoms with Gasteiger partial charge in [-0.3, -0.25) is 0 Å². The van der Waals surface area contributed by atoms with E-state index in [0.29, 0.717) is 5.92 Å². The van der Waals surface area contributed by atoms with Crippen LogP contribution < -0.4 is 14.7 Å². The van der Waals surface area contributed by atoms with Crippen LogP contribution in [0.3, 0.4) is 0 Å². The summed E-state index contributed by atoms with van der Waals surface area (Å²) in [6, 6.07) is 67.6. The molecular weight excluding hydrogens is 779 g/mol. The molecule has 11 rings (SSSR count). The zero-order valence-corrected chi connectivity index (χ0v) is 36.4. The van der Waals surface area contributed by atoms with Gasteiger partial charge in [0.15, 0.2) is 0 Å². The van der Waals surface area contributed by atoms with E-state index >= 15 is 0 Å². The molecule has 63 heavy (non-hydrogen) atoms. The zero-order chi connectivity index (χ0) is 42.5. The van der Waals surface area contributed by atoms with Crippen molar-refractivity contribution in [2.45, 2.75) is 25.7 Å². The molecule has 1 atom stereocenters. The molecule has 0 spiro atoms. The van der Waals surface area contributed by atoms with Crippen LogP contribution in [0.15, 0.2) is 213 Å². The first-order valence-corrected chi connectivity index (χ1v) is 22.9. The van der Waals surface area contributed by atoms with E-state index in [2.05, 4.69) is 225 Å². The number of hydrogen-bond acceptors (Lipinski definition) is 2. The average Bonchev–Trinajstić information content (AvgIpc) is 3.86. The maximum Gasteiger partial charge on any atom is 0.0713 e. The molecule has 0 radical (unpaired) electrons. The minimum absolute atomic E-state index is 0.469. The third-order valence-corrected chi connectivity index (χ3v) is 14.3. The van der Waals surface area contributed by atoms with E-state index in [9.17, 15) is 0 Å². The zero-order valence-electron chi connectivity index (χ0n) is 35.6. The standard InChI is InChI=1S/C61H47NS/c1-4-5-7-17-42(3)48-38-39-57(53-23-11-10-20-50(48)53)62(46-33-29-43(30-34-46)49-24-16-27-58-60(49)54-37-28-41(2)40-59(54)63-58)47-35-31-45(32-36-47)61(44-18-8-6-9-19-44)55-25-14-12-21-51(55)52-22-13-15-26-56(52)61/h4-27,29-41H,3,28H2,1-2H3/b5-4-,17-7-. The van der Waals surface area contributed by atoms with Crippen molar-refractivity contribution in [2.75, 3.05) is 4.90 Å². The fraction of sp³-hybridized carbons (Fsp3) is 0.0820. The van der Waals surface area contributed by atoms with Gasteiger partial charge in [-0.1, -0.05) is 196 Å². The molecule has 0 bridgehead atoms. The highest BCUT2D eigenvalue weighted by molar-refractivity contribution is 7.17. The molecule has 2 aliphatic carbocycles. The van der Waals surface area contributed by atoms with Crippen LogP contribution in [-0.4, -0.2) is 0 Å². The number of hydrogen-bond donors (Lipinski definition) is 0. The van der Waals surface area contributed by atoms with Crippen molar-refractivity contribution in [3.8, 4) is 22.3 Å². The first kappa shape index (κ1) is 38.6. The largest absolute Gasteiger partial charge is 0.310 e. The van der Waals surface area contributed by atoms with Gasteiger partial charge in [-0.05, 0) is 122 Å². The van der Waals surface area contributed by atoms with Crippen molar-refractivity contribution in [1.82, 2.24) is 0 Å². The number of fused-ring (bicyclic) bond motifs is 7. The second kappa shape index (κ2) is 15.9. The van der Waals surface area contributed by atoms with Crippen LogP contribution in [0.1, 0.15) is 48.1 Å². The van der Waals surface area contributed by atoms with Crippen LogP contribution >= 0.6 is 11.3 Å². The Morgan fingerprint density at radius 2 is 1.24 bits per heavy atom. The Hall–Kier alpha value is -7.26. The van der Waals surface area contributed by atoms with Crippen molar-refractivity contribution >= 4 is 67.0 Å². The van der Waals surface area contributed by atoms with Crippen LogP contribution in [0.5, 0.6) is 0 Å². The highest BCUT2D eigenvalue weighted by Crippen LogP contribution is 2.56. The SMILES string of the molecule is C=C(/C=C\C=C/C)c1ccc(N(c2ccc(-c3cccc4sc5c(c34)=CCC(C)C=5)cc2)c2ccc(C3(c4ccccc4)c4ccccc4-c4ccccc43)cc2)c2ccccc12. The van der Waals surface area contributed by atoms with Crippen molar-refractivity contribution in [1.29, 1.82) is 0 Å². The first-order chi connectivity index (χ1) is 31.0. The summed E-state index contributed by atoms with van der Waals surface area (Å²) in [6.45, 7) is 8.84. The molecule has 0 saturated heterocycles. The summed E-state index contributed by atoms with van der Waals surface area (Å²) in [5, 5.41) is 5.10. The van der Waals surface area contributed by atoms with Gasteiger partial charge in [0.05, 0.1) is 11.1 Å². The number of thiophene rings is 1. The van der Waals surface area contributed by atoms with E-state index < -0.39 is 5.41 Å². The smallest absolute Gasteiger partial charge is 0.0713 e. The molecule has 0 saturated carbocycles. The van der Waals surface area contributed by atoms with Crippen molar-refractivity contribution in [2.24, 2.45) is 5.92 Å². The van der Waals surface area contributed by atoms with Crippen molar-refractivity contribution < 1.29 is 0 Å². The van der Waals surface area contributed by atoms with Crippen LogP contribution in [0.2, 0.25) is 0 Å². The lowest BCUT2D eigenvalue weighted by Crippen LogP contribution is -2.28. The van der Waals surface area contributed by atoms with E-state index in [1.165, 1.54) is 75.1 Å². The Morgan fingerprint density at radius 3 is 1.95 bits per heavy atom. The number of nitrogens with zero attached hydrogens (tertiary/aromatic N) is 1. The molecule has 0 aliphatic heterocycles. The molecule has 1 aromatic heterocycles. The maximum atomic E-state index is 4.50. The third kappa shape index (κ3) is 6.36. The summed E-state index contributed by atoms with van der Waals surface area (Å²) in [4.78, 5) is 2.43. The lowest BCUT2D eigenvalue weighted by atomic mass is 9.68. The normalized spacial score (nSPS) is 14.9. The quantitative estimate of drug-likeness (QED) is 0.131. The molecule has 1 heterocycles. The van der Waals surface area contributed by atoms with E-state index in [1.54, 1.807) is 0 Å². The summed E-state index contributed by atoms with van der Waals surface area (Å²) < 4.78 is 2.75. The summed E-state index contributed by atoms with van der Waals surface area (Å²) in [7, 11) is 0. The Morgan fingerprint density at radius 1 is 0.619 bits per heavy atom.